The van der Waals surface area contributed by atoms with E-state index in [9.17, 15) is 18.0 Å². The van der Waals surface area contributed by atoms with E-state index in [-0.39, 0.29) is 18.2 Å². The normalized spacial score (nSPS) is 11.3. The largest absolute Gasteiger partial charge is 0.484 e. The average Bonchev–Trinajstić information content (AvgIpc) is 2.79. The van der Waals surface area contributed by atoms with Crippen molar-refractivity contribution in [2.45, 2.75) is 13.1 Å². The summed E-state index contributed by atoms with van der Waals surface area (Å²) in [5.41, 5.74) is 1.58. The number of carbonyl (C=O) groups excluding carboxylic acids is 1. The summed E-state index contributed by atoms with van der Waals surface area (Å²) in [7, 11) is 0. The van der Waals surface area contributed by atoms with E-state index in [2.05, 4.69) is 15.6 Å². The summed E-state index contributed by atoms with van der Waals surface area (Å²) in [4.78, 5) is 16.7. The summed E-state index contributed by atoms with van der Waals surface area (Å²) in [6.07, 6.45) is -4.43. The Morgan fingerprint density at radius 2 is 1.76 bits per heavy atom. The second-order valence-electron chi connectivity index (χ2n) is 7.55. The van der Waals surface area contributed by atoms with Crippen LogP contribution in [0.15, 0.2) is 72.8 Å². The van der Waals surface area contributed by atoms with Crippen LogP contribution in [0.5, 0.6) is 5.75 Å². The zero-order valence-electron chi connectivity index (χ0n) is 17.9. The predicted molar refractivity (Wildman–Crippen MR) is 127 cm³/mol. The van der Waals surface area contributed by atoms with Crippen molar-refractivity contribution in [2.75, 3.05) is 17.2 Å². The van der Waals surface area contributed by atoms with E-state index in [0.717, 1.165) is 23.1 Å². The first-order valence-corrected chi connectivity index (χ1v) is 10.6. The Balaban J connectivity index is 1.46. The molecule has 0 unspecified atom stereocenters. The molecule has 0 spiro atoms. The van der Waals surface area contributed by atoms with Crippen molar-refractivity contribution >= 4 is 45.6 Å². The van der Waals surface area contributed by atoms with Crippen LogP contribution < -0.4 is 15.4 Å². The number of carbonyl (C=O) groups is 1. The van der Waals surface area contributed by atoms with Crippen molar-refractivity contribution in [1.82, 2.24) is 4.98 Å². The second-order valence-corrected chi connectivity index (χ2v) is 7.99. The van der Waals surface area contributed by atoms with E-state index in [1.165, 1.54) is 6.07 Å². The van der Waals surface area contributed by atoms with E-state index in [0.29, 0.717) is 27.8 Å². The quantitative estimate of drug-likeness (QED) is 0.309. The number of ether oxygens (including phenoxy) is 1. The number of anilines is 3. The lowest BCUT2D eigenvalue weighted by molar-refractivity contribution is -0.137. The van der Waals surface area contributed by atoms with Crippen molar-refractivity contribution in [1.29, 1.82) is 0 Å². The fourth-order valence-corrected chi connectivity index (χ4v) is 3.46. The molecule has 0 aliphatic heterocycles. The smallest absolute Gasteiger partial charge is 0.416 e. The van der Waals surface area contributed by atoms with E-state index in [1.54, 1.807) is 54.6 Å². The van der Waals surface area contributed by atoms with Crippen LogP contribution in [-0.4, -0.2) is 17.5 Å². The summed E-state index contributed by atoms with van der Waals surface area (Å²) >= 11 is 5.83. The van der Waals surface area contributed by atoms with Crippen LogP contribution in [0.2, 0.25) is 5.02 Å². The van der Waals surface area contributed by atoms with Gasteiger partial charge in [-0.1, -0.05) is 17.7 Å². The number of pyridine rings is 1. The highest BCUT2D eigenvalue weighted by atomic mass is 35.5. The van der Waals surface area contributed by atoms with Crippen LogP contribution in [0.4, 0.5) is 30.4 Å². The molecule has 0 bridgehead atoms. The van der Waals surface area contributed by atoms with Crippen molar-refractivity contribution in [3.05, 3.63) is 88.9 Å². The number of fused-ring (bicyclic) bond motifs is 1. The van der Waals surface area contributed by atoms with Crippen molar-refractivity contribution < 1.29 is 22.7 Å². The monoisotopic (exact) mass is 485 g/mol. The van der Waals surface area contributed by atoms with E-state index in [1.807, 2.05) is 6.92 Å². The molecule has 1 amide bonds. The van der Waals surface area contributed by atoms with Crippen LogP contribution in [-0.2, 0) is 11.0 Å². The van der Waals surface area contributed by atoms with Crippen LogP contribution in [0.1, 0.15) is 11.1 Å². The molecule has 1 heterocycles. The fraction of sp³-hybridized carbons (Fsp3) is 0.120. The summed E-state index contributed by atoms with van der Waals surface area (Å²) in [5.74, 6) is 0.610. The van der Waals surface area contributed by atoms with Gasteiger partial charge in [0.25, 0.3) is 5.91 Å². The summed E-state index contributed by atoms with van der Waals surface area (Å²) < 4.78 is 44.4. The maximum atomic E-state index is 13.0. The van der Waals surface area contributed by atoms with Crippen LogP contribution in [0.3, 0.4) is 0 Å². The number of nitrogens with zero attached hydrogens (tertiary/aromatic N) is 1. The highest BCUT2D eigenvalue weighted by Gasteiger charge is 2.30. The van der Waals surface area contributed by atoms with E-state index in [4.69, 9.17) is 16.3 Å². The number of rotatable bonds is 6. The molecule has 1 aromatic heterocycles. The Bertz CT molecular complexity index is 1340. The summed E-state index contributed by atoms with van der Waals surface area (Å²) in [6, 6.07) is 18.6. The number of amides is 1. The van der Waals surface area contributed by atoms with E-state index < -0.39 is 11.7 Å². The van der Waals surface area contributed by atoms with Gasteiger partial charge in [0.05, 0.1) is 11.1 Å². The molecule has 4 aromatic rings. The highest BCUT2D eigenvalue weighted by Crippen LogP contribution is 2.32. The number of hydrogen-bond acceptors (Lipinski definition) is 4. The predicted octanol–water partition coefficient (Wildman–Crippen LogP) is 6.98. The number of nitrogens with one attached hydrogen (secondary N) is 2. The third-order valence-corrected chi connectivity index (χ3v) is 5.20. The minimum absolute atomic E-state index is 0.170. The molecule has 34 heavy (non-hydrogen) atoms. The molecule has 3 aromatic carbocycles. The Morgan fingerprint density at radius 1 is 1.00 bits per heavy atom. The molecule has 0 saturated heterocycles. The van der Waals surface area contributed by atoms with Gasteiger partial charge in [0.1, 0.15) is 11.6 Å². The number of hydrogen-bond donors (Lipinski definition) is 2. The minimum atomic E-state index is -4.43. The minimum Gasteiger partial charge on any atom is -0.484 e. The molecule has 4 rings (SSSR count). The van der Waals surface area contributed by atoms with Crippen molar-refractivity contribution in [3.8, 4) is 5.75 Å². The van der Waals surface area contributed by atoms with Gasteiger partial charge in [0, 0.05) is 21.8 Å². The van der Waals surface area contributed by atoms with Gasteiger partial charge in [-0.3, -0.25) is 4.79 Å². The molecule has 0 aliphatic carbocycles. The SMILES string of the molecule is Cc1cc(Nc2cccc(C(F)(F)F)c2)nc2ccc(NC(=O)COc3ccc(Cl)cc3)cc12. The molecule has 0 atom stereocenters. The molecule has 0 fully saturated rings. The number of aryl methyl sites for hydroxylation is 1. The lowest BCUT2D eigenvalue weighted by atomic mass is 10.1. The van der Waals surface area contributed by atoms with Crippen LogP contribution in [0.25, 0.3) is 10.9 Å². The van der Waals surface area contributed by atoms with Gasteiger partial charge in [0.15, 0.2) is 6.61 Å². The molecule has 0 radical (unpaired) electrons. The molecule has 9 heteroatoms. The second kappa shape index (κ2) is 9.61. The Hall–Kier alpha value is -3.78. The van der Waals surface area contributed by atoms with Crippen LogP contribution >= 0.6 is 11.6 Å². The first-order chi connectivity index (χ1) is 16.2. The number of halogens is 4. The third-order valence-electron chi connectivity index (χ3n) is 4.95. The van der Waals surface area contributed by atoms with Gasteiger partial charge in [-0.15, -0.1) is 0 Å². The van der Waals surface area contributed by atoms with Crippen LogP contribution in [0, 0.1) is 6.92 Å². The van der Waals surface area contributed by atoms with Gasteiger partial charge in [0.2, 0.25) is 0 Å². The van der Waals surface area contributed by atoms with Crippen molar-refractivity contribution in [3.63, 3.8) is 0 Å². The zero-order chi connectivity index (χ0) is 24.3. The molecular formula is C25H19ClF3N3O2. The first kappa shape index (κ1) is 23.4. The van der Waals surface area contributed by atoms with Gasteiger partial charge < -0.3 is 15.4 Å². The molecule has 5 nitrogen and oxygen atoms in total. The summed E-state index contributed by atoms with van der Waals surface area (Å²) in [5, 5.41) is 7.08. The Labute approximate surface area is 198 Å². The number of aromatic nitrogens is 1. The zero-order valence-corrected chi connectivity index (χ0v) is 18.7. The number of benzene rings is 3. The fourth-order valence-electron chi connectivity index (χ4n) is 3.33. The Kier molecular flexibility index (Phi) is 6.61. The lowest BCUT2D eigenvalue weighted by Crippen LogP contribution is -2.20. The van der Waals surface area contributed by atoms with Gasteiger partial charge in [-0.2, -0.15) is 13.2 Å². The maximum absolute atomic E-state index is 13.0. The molecule has 174 valence electrons. The molecule has 0 aliphatic rings. The molecule has 0 saturated carbocycles. The van der Waals surface area contributed by atoms with Crippen molar-refractivity contribution in [2.24, 2.45) is 0 Å². The Morgan fingerprint density at radius 3 is 2.50 bits per heavy atom. The summed E-state index contributed by atoms with van der Waals surface area (Å²) in [6.45, 7) is 1.69. The molecular weight excluding hydrogens is 467 g/mol. The third kappa shape index (κ3) is 5.77. The topological polar surface area (TPSA) is 63.2 Å². The number of alkyl halides is 3. The van der Waals surface area contributed by atoms with Gasteiger partial charge in [-0.05, 0) is 79.2 Å². The maximum Gasteiger partial charge on any atom is 0.416 e. The lowest BCUT2D eigenvalue weighted by Gasteiger charge is -2.13. The standard InChI is InChI=1S/C25H19ClF3N3O2/c1-15-11-23(30-18-4-2-3-16(12-18)25(27,28)29)32-22-10-7-19(13-21(15)22)31-24(33)14-34-20-8-5-17(26)6-9-20/h2-13H,14H2,1H3,(H,30,32)(H,31,33). The van der Waals surface area contributed by atoms with E-state index >= 15 is 0 Å². The average molecular weight is 486 g/mol. The highest BCUT2D eigenvalue weighted by molar-refractivity contribution is 6.30. The first-order valence-electron chi connectivity index (χ1n) is 10.2. The van der Waals surface area contributed by atoms with Gasteiger partial charge in [-0.25, -0.2) is 4.98 Å². The molecule has 2 N–H and O–H groups in total. The van der Waals surface area contributed by atoms with Gasteiger partial charge >= 0.3 is 6.18 Å².